The quantitative estimate of drug-likeness (QED) is 0.806. The molecule has 1 aliphatic heterocycles. The maximum absolute atomic E-state index is 12.7. The number of halogens is 1. The smallest absolute Gasteiger partial charge is 0.120 e. The standard InChI is InChI=1S/C16H13BrO2S/c1-10-3-5-11(6-4-10)16-15(17)13-8-7-12(19-2)9-14(13)20(16)18/h3-9H,1-2H3. The van der Waals surface area contributed by atoms with Crippen LogP contribution in [0.25, 0.3) is 9.39 Å². The van der Waals surface area contributed by atoms with Crippen LogP contribution >= 0.6 is 15.9 Å². The lowest BCUT2D eigenvalue weighted by molar-refractivity contribution is 0.413. The molecule has 1 atom stereocenters. The number of aryl methyl sites for hydroxylation is 1. The Balaban J connectivity index is 2.13. The monoisotopic (exact) mass is 348 g/mol. The Kier molecular flexibility index (Phi) is 3.52. The molecule has 2 nitrogen and oxygen atoms in total. The lowest BCUT2D eigenvalue weighted by atomic mass is 10.1. The largest absolute Gasteiger partial charge is 0.497 e. The van der Waals surface area contributed by atoms with Gasteiger partial charge in [-0.1, -0.05) is 29.8 Å². The van der Waals surface area contributed by atoms with E-state index < -0.39 is 10.8 Å². The Morgan fingerprint density at radius 3 is 2.45 bits per heavy atom. The summed E-state index contributed by atoms with van der Waals surface area (Å²) in [7, 11) is 0.432. The van der Waals surface area contributed by atoms with Gasteiger partial charge in [0.15, 0.2) is 0 Å². The van der Waals surface area contributed by atoms with Crippen molar-refractivity contribution in [3.8, 4) is 5.75 Å². The summed E-state index contributed by atoms with van der Waals surface area (Å²) in [5.41, 5.74) is 3.14. The molecule has 0 saturated heterocycles. The fourth-order valence-corrected chi connectivity index (χ4v) is 4.80. The summed E-state index contributed by atoms with van der Waals surface area (Å²) in [5, 5.41) is 0. The number of hydrogen-bond acceptors (Lipinski definition) is 2. The fourth-order valence-electron chi connectivity index (χ4n) is 2.22. The van der Waals surface area contributed by atoms with Crippen molar-refractivity contribution in [1.82, 2.24) is 0 Å². The summed E-state index contributed by atoms with van der Waals surface area (Å²) in [6.07, 6.45) is 0. The van der Waals surface area contributed by atoms with Crippen molar-refractivity contribution in [3.63, 3.8) is 0 Å². The Labute approximate surface area is 129 Å². The van der Waals surface area contributed by atoms with Crippen LogP contribution in [0.2, 0.25) is 0 Å². The van der Waals surface area contributed by atoms with Gasteiger partial charge in [0.25, 0.3) is 0 Å². The van der Waals surface area contributed by atoms with E-state index in [0.29, 0.717) is 0 Å². The second-order valence-electron chi connectivity index (χ2n) is 4.64. The molecule has 1 heterocycles. The van der Waals surface area contributed by atoms with Gasteiger partial charge >= 0.3 is 0 Å². The first kappa shape index (κ1) is 13.6. The molecule has 2 aromatic rings. The van der Waals surface area contributed by atoms with Crippen molar-refractivity contribution in [2.75, 3.05) is 7.11 Å². The zero-order chi connectivity index (χ0) is 14.3. The average Bonchev–Trinajstić information content (AvgIpc) is 2.72. The molecular formula is C16H13BrO2S. The third-order valence-corrected chi connectivity index (χ3v) is 5.96. The van der Waals surface area contributed by atoms with Gasteiger partial charge in [-0.15, -0.1) is 0 Å². The molecule has 0 spiro atoms. The molecule has 0 aliphatic carbocycles. The second kappa shape index (κ2) is 5.19. The highest BCUT2D eigenvalue weighted by Crippen LogP contribution is 2.45. The van der Waals surface area contributed by atoms with E-state index in [1.54, 1.807) is 7.11 Å². The molecule has 0 N–H and O–H groups in total. The van der Waals surface area contributed by atoms with Crippen LogP contribution in [0.5, 0.6) is 5.75 Å². The third-order valence-electron chi connectivity index (χ3n) is 3.32. The summed E-state index contributed by atoms with van der Waals surface area (Å²) >= 11 is 3.59. The van der Waals surface area contributed by atoms with Crippen LogP contribution in [-0.4, -0.2) is 11.3 Å². The number of fused-ring (bicyclic) bond motifs is 1. The average molecular weight is 349 g/mol. The molecule has 0 amide bonds. The molecular weight excluding hydrogens is 336 g/mol. The molecule has 0 bridgehead atoms. The Morgan fingerprint density at radius 1 is 1.10 bits per heavy atom. The molecule has 4 heteroatoms. The first-order valence-electron chi connectivity index (χ1n) is 6.19. The minimum absolute atomic E-state index is 0.725. The van der Waals surface area contributed by atoms with Crippen LogP contribution in [0, 0.1) is 6.92 Å². The topological polar surface area (TPSA) is 26.3 Å². The Morgan fingerprint density at radius 2 is 1.80 bits per heavy atom. The zero-order valence-corrected chi connectivity index (χ0v) is 13.5. The van der Waals surface area contributed by atoms with Gasteiger partial charge in [-0.3, -0.25) is 0 Å². The maximum atomic E-state index is 12.7. The van der Waals surface area contributed by atoms with E-state index in [4.69, 9.17) is 4.74 Å². The molecule has 1 aliphatic rings. The predicted octanol–water partition coefficient (Wildman–Crippen LogP) is 4.35. The highest BCUT2D eigenvalue weighted by atomic mass is 79.9. The van der Waals surface area contributed by atoms with Crippen LogP contribution < -0.4 is 4.74 Å². The molecule has 0 saturated carbocycles. The Bertz CT molecular complexity index is 733. The van der Waals surface area contributed by atoms with E-state index in [2.05, 4.69) is 15.9 Å². The van der Waals surface area contributed by atoms with Gasteiger partial charge in [-0.25, -0.2) is 4.21 Å². The predicted molar refractivity (Wildman–Crippen MR) is 86.3 cm³/mol. The molecule has 0 fully saturated rings. The summed E-state index contributed by atoms with van der Waals surface area (Å²) in [5.74, 6) is 0.725. The summed E-state index contributed by atoms with van der Waals surface area (Å²) in [6.45, 7) is 2.04. The summed E-state index contributed by atoms with van der Waals surface area (Å²) in [4.78, 5) is 1.63. The lowest BCUT2D eigenvalue weighted by Crippen LogP contribution is -1.92. The minimum atomic E-state index is -1.18. The van der Waals surface area contributed by atoms with E-state index in [1.165, 1.54) is 5.56 Å². The number of benzene rings is 2. The number of ether oxygens (including phenoxy) is 1. The van der Waals surface area contributed by atoms with Gasteiger partial charge < -0.3 is 4.74 Å². The van der Waals surface area contributed by atoms with Crippen LogP contribution in [0.4, 0.5) is 0 Å². The highest BCUT2D eigenvalue weighted by Gasteiger charge is 2.28. The van der Waals surface area contributed by atoms with Gasteiger partial charge in [-0.2, -0.15) is 0 Å². The number of hydrogen-bond donors (Lipinski definition) is 0. The highest BCUT2D eigenvalue weighted by molar-refractivity contribution is 9.15. The van der Waals surface area contributed by atoms with E-state index >= 15 is 0 Å². The van der Waals surface area contributed by atoms with Gasteiger partial charge in [0, 0.05) is 10.0 Å². The van der Waals surface area contributed by atoms with Crippen molar-refractivity contribution in [1.29, 1.82) is 0 Å². The fraction of sp³-hybridized carbons (Fsp3) is 0.125. The van der Waals surface area contributed by atoms with Gasteiger partial charge in [0.05, 0.1) is 27.7 Å². The van der Waals surface area contributed by atoms with Gasteiger partial charge in [0.2, 0.25) is 0 Å². The van der Waals surface area contributed by atoms with E-state index in [0.717, 1.165) is 31.2 Å². The third kappa shape index (κ3) is 2.13. The van der Waals surface area contributed by atoms with Crippen LogP contribution in [0.15, 0.2) is 47.4 Å². The van der Waals surface area contributed by atoms with Crippen molar-refractivity contribution < 1.29 is 8.95 Å². The molecule has 20 heavy (non-hydrogen) atoms. The Hall–Kier alpha value is -1.39. The first-order valence-corrected chi connectivity index (χ1v) is 8.13. The molecule has 0 aromatic heterocycles. The summed E-state index contributed by atoms with van der Waals surface area (Å²) in [6, 6.07) is 13.7. The van der Waals surface area contributed by atoms with E-state index in [9.17, 15) is 4.21 Å². The molecule has 2 aromatic carbocycles. The lowest BCUT2D eigenvalue weighted by Gasteiger charge is -2.04. The van der Waals surface area contributed by atoms with Crippen molar-refractivity contribution in [2.24, 2.45) is 0 Å². The molecule has 1 unspecified atom stereocenters. The van der Waals surface area contributed by atoms with Gasteiger partial charge in [0.1, 0.15) is 5.75 Å². The van der Waals surface area contributed by atoms with E-state index in [1.807, 2.05) is 49.4 Å². The van der Waals surface area contributed by atoms with Gasteiger partial charge in [-0.05, 0) is 46.6 Å². The molecule has 0 radical (unpaired) electrons. The second-order valence-corrected chi connectivity index (χ2v) is 6.82. The normalized spacial score (nSPS) is 17.2. The van der Waals surface area contributed by atoms with E-state index in [-0.39, 0.29) is 0 Å². The minimum Gasteiger partial charge on any atom is -0.497 e. The molecule has 102 valence electrons. The molecule has 3 rings (SSSR count). The summed E-state index contributed by atoms with van der Waals surface area (Å²) < 4.78 is 18.8. The van der Waals surface area contributed by atoms with Crippen LogP contribution in [0.3, 0.4) is 0 Å². The number of rotatable bonds is 2. The zero-order valence-electron chi connectivity index (χ0n) is 11.1. The van der Waals surface area contributed by atoms with Crippen molar-refractivity contribution in [2.45, 2.75) is 11.8 Å². The van der Waals surface area contributed by atoms with Crippen LogP contribution in [0.1, 0.15) is 16.7 Å². The van der Waals surface area contributed by atoms with Crippen molar-refractivity contribution >= 4 is 36.1 Å². The number of methoxy groups -OCH3 is 1. The SMILES string of the molecule is COc1ccc2c(c1)S(=O)C(c1ccc(C)cc1)=C2Br. The first-order chi connectivity index (χ1) is 9.61. The van der Waals surface area contributed by atoms with Crippen LogP contribution in [-0.2, 0) is 10.8 Å². The van der Waals surface area contributed by atoms with Crippen molar-refractivity contribution in [3.05, 3.63) is 59.2 Å². The maximum Gasteiger partial charge on any atom is 0.120 e.